The highest BCUT2D eigenvalue weighted by atomic mass is 16.4. The van der Waals surface area contributed by atoms with E-state index in [2.05, 4.69) is 5.32 Å². The number of rotatable bonds is 5. The first-order valence-electron chi connectivity index (χ1n) is 6.49. The molecule has 1 heterocycles. The summed E-state index contributed by atoms with van der Waals surface area (Å²) in [4.78, 5) is 24.4. The normalized spacial score (nSPS) is 18.2. The standard InChI is InChI=1S/C13H19N3O4/c1-9(17)7-15-8-11(6-14)12(18)16-4-2-10(3-5-16)13(19)20/h8-10,15,17H,2-5,7H2,1H3,(H,19,20)/b11-8-. The second kappa shape index (κ2) is 7.50. The topological polar surface area (TPSA) is 114 Å². The molecule has 1 atom stereocenters. The summed E-state index contributed by atoms with van der Waals surface area (Å²) in [5.74, 6) is -1.66. The number of hydrogen-bond donors (Lipinski definition) is 3. The molecule has 0 saturated carbocycles. The van der Waals surface area contributed by atoms with Gasteiger partial charge in [-0.15, -0.1) is 0 Å². The molecular weight excluding hydrogens is 262 g/mol. The molecule has 110 valence electrons. The van der Waals surface area contributed by atoms with Crippen LogP contribution in [0.15, 0.2) is 11.8 Å². The number of aliphatic hydroxyl groups excluding tert-OH is 1. The third kappa shape index (κ3) is 4.55. The van der Waals surface area contributed by atoms with E-state index in [0.717, 1.165) is 0 Å². The Labute approximate surface area is 117 Å². The minimum Gasteiger partial charge on any atom is -0.481 e. The quantitative estimate of drug-likeness (QED) is 0.470. The maximum absolute atomic E-state index is 12.1. The van der Waals surface area contributed by atoms with Crippen LogP contribution in [0.1, 0.15) is 19.8 Å². The zero-order valence-electron chi connectivity index (χ0n) is 11.4. The first kappa shape index (κ1) is 16.0. The predicted molar refractivity (Wildman–Crippen MR) is 70.3 cm³/mol. The number of aliphatic hydroxyl groups is 1. The number of aliphatic carboxylic acids is 1. The van der Waals surface area contributed by atoms with Gasteiger partial charge in [0.15, 0.2) is 0 Å². The molecule has 0 bridgehead atoms. The van der Waals surface area contributed by atoms with E-state index in [0.29, 0.717) is 25.9 Å². The number of piperidine rings is 1. The second-order valence-corrected chi connectivity index (χ2v) is 4.83. The van der Waals surface area contributed by atoms with E-state index in [4.69, 9.17) is 15.5 Å². The lowest BCUT2D eigenvalue weighted by molar-refractivity contribution is -0.145. The zero-order chi connectivity index (χ0) is 15.1. The van der Waals surface area contributed by atoms with Crippen LogP contribution in [0.4, 0.5) is 0 Å². The molecule has 7 heteroatoms. The third-order valence-electron chi connectivity index (χ3n) is 3.14. The lowest BCUT2D eigenvalue weighted by atomic mass is 9.97. The summed E-state index contributed by atoms with van der Waals surface area (Å²) >= 11 is 0. The van der Waals surface area contributed by atoms with E-state index in [1.807, 2.05) is 6.07 Å². The summed E-state index contributed by atoms with van der Waals surface area (Å²) in [5.41, 5.74) is -0.0422. The Hall–Kier alpha value is -2.07. The van der Waals surface area contributed by atoms with E-state index < -0.39 is 23.9 Å². The molecule has 0 aromatic heterocycles. The number of hydrogen-bond acceptors (Lipinski definition) is 5. The Bertz CT molecular complexity index is 431. The third-order valence-corrected chi connectivity index (χ3v) is 3.14. The molecule has 1 unspecified atom stereocenters. The highest BCUT2D eigenvalue weighted by Gasteiger charge is 2.28. The van der Waals surface area contributed by atoms with E-state index in [-0.39, 0.29) is 12.1 Å². The van der Waals surface area contributed by atoms with Crippen LogP contribution in [-0.4, -0.2) is 52.7 Å². The van der Waals surface area contributed by atoms with Crippen molar-refractivity contribution in [1.82, 2.24) is 10.2 Å². The molecule has 20 heavy (non-hydrogen) atoms. The number of nitrogens with one attached hydrogen (secondary N) is 1. The number of carbonyl (C=O) groups excluding carboxylic acids is 1. The van der Waals surface area contributed by atoms with E-state index >= 15 is 0 Å². The Morgan fingerprint density at radius 3 is 2.55 bits per heavy atom. The van der Waals surface area contributed by atoms with Crippen molar-refractivity contribution >= 4 is 11.9 Å². The fraction of sp³-hybridized carbons (Fsp3) is 0.615. The first-order chi connectivity index (χ1) is 9.45. The van der Waals surface area contributed by atoms with Crippen LogP contribution < -0.4 is 5.32 Å². The van der Waals surface area contributed by atoms with Gasteiger partial charge in [-0.3, -0.25) is 9.59 Å². The molecule has 0 aromatic rings. The Morgan fingerprint density at radius 2 is 2.10 bits per heavy atom. The smallest absolute Gasteiger partial charge is 0.306 e. The fourth-order valence-corrected chi connectivity index (χ4v) is 1.97. The fourth-order valence-electron chi connectivity index (χ4n) is 1.97. The molecule has 0 aromatic carbocycles. The Balaban J connectivity index is 2.56. The molecule has 1 aliphatic rings. The molecule has 0 spiro atoms. The minimum absolute atomic E-state index is 0.0422. The van der Waals surface area contributed by atoms with Crippen LogP contribution in [0.5, 0.6) is 0 Å². The molecule has 1 rings (SSSR count). The van der Waals surface area contributed by atoms with Gasteiger partial charge in [0.1, 0.15) is 11.6 Å². The lowest BCUT2D eigenvalue weighted by Gasteiger charge is -2.29. The molecule has 3 N–H and O–H groups in total. The first-order valence-corrected chi connectivity index (χ1v) is 6.49. The van der Waals surface area contributed by atoms with E-state index in [9.17, 15) is 9.59 Å². The van der Waals surface area contributed by atoms with Gasteiger partial charge in [0.05, 0.1) is 12.0 Å². The molecular formula is C13H19N3O4. The van der Waals surface area contributed by atoms with Crippen molar-refractivity contribution in [3.05, 3.63) is 11.8 Å². The number of nitriles is 1. The van der Waals surface area contributed by atoms with Crippen LogP contribution in [0.25, 0.3) is 0 Å². The van der Waals surface area contributed by atoms with Crippen molar-refractivity contribution in [3.63, 3.8) is 0 Å². The van der Waals surface area contributed by atoms with Gasteiger partial charge in [0.2, 0.25) is 0 Å². The summed E-state index contributed by atoms with van der Waals surface area (Å²) < 4.78 is 0. The molecule has 1 saturated heterocycles. The monoisotopic (exact) mass is 281 g/mol. The summed E-state index contributed by atoms with van der Waals surface area (Å²) in [7, 11) is 0. The van der Waals surface area contributed by atoms with E-state index in [1.165, 1.54) is 11.1 Å². The summed E-state index contributed by atoms with van der Waals surface area (Å²) in [6.07, 6.45) is 1.52. The van der Waals surface area contributed by atoms with Gasteiger partial charge in [-0.1, -0.05) is 0 Å². The summed E-state index contributed by atoms with van der Waals surface area (Å²) in [6, 6.07) is 1.82. The zero-order valence-corrected chi connectivity index (χ0v) is 11.4. The van der Waals surface area contributed by atoms with Gasteiger partial charge in [0, 0.05) is 25.8 Å². The van der Waals surface area contributed by atoms with Crippen molar-refractivity contribution in [1.29, 1.82) is 5.26 Å². The summed E-state index contributed by atoms with van der Waals surface area (Å²) in [6.45, 7) is 2.52. The average Bonchev–Trinajstić information content (AvgIpc) is 2.42. The lowest BCUT2D eigenvalue weighted by Crippen LogP contribution is -2.41. The van der Waals surface area contributed by atoms with Gasteiger partial charge in [-0.25, -0.2) is 0 Å². The van der Waals surface area contributed by atoms with Crippen molar-refractivity contribution in [2.75, 3.05) is 19.6 Å². The summed E-state index contributed by atoms with van der Waals surface area (Å²) in [5, 5.41) is 29.6. The van der Waals surface area contributed by atoms with Gasteiger partial charge in [-0.2, -0.15) is 5.26 Å². The van der Waals surface area contributed by atoms with Crippen LogP contribution in [0.3, 0.4) is 0 Å². The molecule has 0 radical (unpaired) electrons. The number of amides is 1. The maximum atomic E-state index is 12.1. The SMILES string of the molecule is CC(O)CN/C=C(/C#N)C(=O)N1CCC(C(=O)O)CC1. The molecule has 1 amide bonds. The van der Waals surface area contributed by atoms with E-state index in [1.54, 1.807) is 6.92 Å². The van der Waals surface area contributed by atoms with Gasteiger partial charge >= 0.3 is 5.97 Å². The number of nitrogens with zero attached hydrogens (tertiary/aromatic N) is 2. The number of carboxylic acid groups (broad SMARTS) is 1. The highest BCUT2D eigenvalue weighted by Crippen LogP contribution is 2.18. The largest absolute Gasteiger partial charge is 0.481 e. The highest BCUT2D eigenvalue weighted by molar-refractivity contribution is 5.97. The molecule has 1 aliphatic heterocycles. The van der Waals surface area contributed by atoms with Crippen molar-refractivity contribution in [2.45, 2.75) is 25.9 Å². The molecule has 1 fully saturated rings. The molecule has 7 nitrogen and oxygen atoms in total. The van der Waals surface area contributed by atoms with Crippen LogP contribution in [0, 0.1) is 17.2 Å². The Kier molecular flexibility index (Phi) is 6.00. The van der Waals surface area contributed by atoms with Gasteiger partial charge in [0.25, 0.3) is 5.91 Å². The van der Waals surface area contributed by atoms with Crippen LogP contribution in [-0.2, 0) is 9.59 Å². The van der Waals surface area contributed by atoms with Crippen molar-refractivity contribution in [3.8, 4) is 6.07 Å². The van der Waals surface area contributed by atoms with Crippen molar-refractivity contribution in [2.24, 2.45) is 5.92 Å². The second-order valence-electron chi connectivity index (χ2n) is 4.83. The predicted octanol–water partition coefficient (Wildman–Crippen LogP) is -0.313. The average molecular weight is 281 g/mol. The number of carbonyl (C=O) groups is 2. The van der Waals surface area contributed by atoms with Crippen LogP contribution >= 0.6 is 0 Å². The van der Waals surface area contributed by atoms with Gasteiger partial charge < -0.3 is 20.4 Å². The Morgan fingerprint density at radius 1 is 1.50 bits per heavy atom. The number of carboxylic acids is 1. The van der Waals surface area contributed by atoms with Gasteiger partial charge in [-0.05, 0) is 19.8 Å². The maximum Gasteiger partial charge on any atom is 0.306 e. The molecule has 0 aliphatic carbocycles. The van der Waals surface area contributed by atoms with Crippen molar-refractivity contribution < 1.29 is 19.8 Å². The minimum atomic E-state index is -0.841. The van der Waals surface area contributed by atoms with Crippen LogP contribution in [0.2, 0.25) is 0 Å². The number of likely N-dealkylation sites (tertiary alicyclic amines) is 1.